The summed E-state index contributed by atoms with van der Waals surface area (Å²) in [5.74, 6) is 1.40. The average molecular weight is 180 g/mol. The molecule has 5 heteroatoms. The Kier molecular flexibility index (Phi) is 2.00. The number of carbonyl (C=O) groups is 1. The van der Waals surface area contributed by atoms with Crippen LogP contribution in [-0.2, 0) is 0 Å². The summed E-state index contributed by atoms with van der Waals surface area (Å²) in [6, 6.07) is 0. The Labute approximate surface area is 75.9 Å². The van der Waals surface area contributed by atoms with Gasteiger partial charge in [0.15, 0.2) is 0 Å². The molecule has 0 unspecified atom stereocenters. The predicted molar refractivity (Wildman–Crippen MR) is 46.2 cm³/mol. The monoisotopic (exact) mass is 180 g/mol. The van der Waals surface area contributed by atoms with E-state index in [1.165, 1.54) is 12.8 Å². The van der Waals surface area contributed by atoms with Gasteiger partial charge in [0.2, 0.25) is 5.82 Å². The van der Waals surface area contributed by atoms with Crippen LogP contribution in [0.4, 0.5) is 0 Å². The van der Waals surface area contributed by atoms with Gasteiger partial charge in [0.05, 0.1) is 0 Å². The van der Waals surface area contributed by atoms with Crippen molar-refractivity contribution >= 4 is 5.91 Å². The third-order valence-electron chi connectivity index (χ3n) is 2.05. The molecule has 0 radical (unpaired) electrons. The summed E-state index contributed by atoms with van der Waals surface area (Å²) in [6.07, 6.45) is 2.46. The fourth-order valence-corrected chi connectivity index (χ4v) is 1.08. The fraction of sp³-hybridized carbons (Fsp3) is 0.625. The first kappa shape index (κ1) is 8.22. The van der Waals surface area contributed by atoms with Crippen molar-refractivity contribution in [1.82, 2.24) is 20.5 Å². The van der Waals surface area contributed by atoms with Crippen molar-refractivity contribution in [3.05, 3.63) is 11.6 Å². The molecule has 1 heterocycles. The van der Waals surface area contributed by atoms with E-state index in [0.29, 0.717) is 11.7 Å². The third-order valence-corrected chi connectivity index (χ3v) is 2.05. The standard InChI is InChI=1S/C8H12N4O/c1-5-10-7(12-11-5)8(13)9-4-6-2-3-6/h6H,2-4H2,1H3,(H,9,13)(H,10,11,12). The molecule has 70 valence electrons. The topological polar surface area (TPSA) is 70.7 Å². The summed E-state index contributed by atoms with van der Waals surface area (Å²) < 4.78 is 0. The number of carbonyl (C=O) groups excluding carboxylic acids is 1. The highest BCUT2D eigenvalue weighted by Crippen LogP contribution is 2.27. The second-order valence-corrected chi connectivity index (χ2v) is 3.40. The van der Waals surface area contributed by atoms with Crippen molar-refractivity contribution in [2.45, 2.75) is 19.8 Å². The van der Waals surface area contributed by atoms with Crippen molar-refractivity contribution in [2.24, 2.45) is 5.92 Å². The minimum absolute atomic E-state index is 0.184. The van der Waals surface area contributed by atoms with E-state index >= 15 is 0 Å². The Morgan fingerprint density at radius 1 is 1.69 bits per heavy atom. The van der Waals surface area contributed by atoms with E-state index in [2.05, 4.69) is 20.5 Å². The lowest BCUT2D eigenvalue weighted by Gasteiger charge is -1.98. The number of nitrogens with zero attached hydrogens (tertiary/aromatic N) is 2. The molecule has 2 N–H and O–H groups in total. The molecule has 2 rings (SSSR count). The lowest BCUT2D eigenvalue weighted by atomic mass is 10.4. The van der Waals surface area contributed by atoms with Crippen molar-refractivity contribution in [2.75, 3.05) is 6.54 Å². The van der Waals surface area contributed by atoms with Crippen LogP contribution in [0, 0.1) is 12.8 Å². The van der Waals surface area contributed by atoms with Gasteiger partial charge in [-0.3, -0.25) is 9.89 Å². The number of rotatable bonds is 3. The van der Waals surface area contributed by atoms with Crippen molar-refractivity contribution in [3.8, 4) is 0 Å². The molecular formula is C8H12N4O. The van der Waals surface area contributed by atoms with Crippen LogP contribution >= 0.6 is 0 Å². The van der Waals surface area contributed by atoms with E-state index in [4.69, 9.17) is 0 Å². The normalized spacial score (nSPS) is 15.8. The molecule has 0 saturated heterocycles. The molecule has 1 amide bonds. The lowest BCUT2D eigenvalue weighted by molar-refractivity contribution is 0.0942. The second kappa shape index (κ2) is 3.16. The number of amides is 1. The first-order chi connectivity index (χ1) is 6.25. The highest BCUT2D eigenvalue weighted by molar-refractivity contribution is 5.90. The number of aryl methyl sites for hydroxylation is 1. The maximum Gasteiger partial charge on any atom is 0.290 e. The number of hydrogen-bond donors (Lipinski definition) is 2. The zero-order valence-electron chi connectivity index (χ0n) is 7.50. The van der Waals surface area contributed by atoms with Gasteiger partial charge >= 0.3 is 0 Å². The fourth-order valence-electron chi connectivity index (χ4n) is 1.08. The average Bonchev–Trinajstić information content (AvgIpc) is 2.84. The van der Waals surface area contributed by atoms with Crippen LogP contribution in [0.1, 0.15) is 29.3 Å². The van der Waals surface area contributed by atoms with Gasteiger partial charge in [-0.25, -0.2) is 4.98 Å². The van der Waals surface area contributed by atoms with Crippen LogP contribution in [0.15, 0.2) is 0 Å². The van der Waals surface area contributed by atoms with E-state index in [9.17, 15) is 4.79 Å². The van der Waals surface area contributed by atoms with E-state index in [1.807, 2.05) is 0 Å². The van der Waals surface area contributed by atoms with E-state index in [0.717, 1.165) is 6.54 Å². The van der Waals surface area contributed by atoms with Gasteiger partial charge < -0.3 is 5.32 Å². The lowest BCUT2D eigenvalue weighted by Crippen LogP contribution is -2.26. The summed E-state index contributed by atoms with van der Waals surface area (Å²) in [5, 5.41) is 9.19. The van der Waals surface area contributed by atoms with Crippen LogP contribution in [-0.4, -0.2) is 27.6 Å². The Hall–Kier alpha value is -1.39. The number of H-pyrrole nitrogens is 1. The van der Waals surface area contributed by atoms with Gasteiger partial charge in [-0.05, 0) is 25.7 Å². The Morgan fingerprint density at radius 3 is 3.00 bits per heavy atom. The number of nitrogens with one attached hydrogen (secondary N) is 2. The van der Waals surface area contributed by atoms with Crippen LogP contribution in [0.3, 0.4) is 0 Å². The van der Waals surface area contributed by atoms with Crippen molar-refractivity contribution in [1.29, 1.82) is 0 Å². The first-order valence-corrected chi connectivity index (χ1v) is 4.43. The zero-order valence-corrected chi connectivity index (χ0v) is 7.50. The molecule has 0 spiro atoms. The first-order valence-electron chi connectivity index (χ1n) is 4.43. The molecule has 0 bridgehead atoms. The van der Waals surface area contributed by atoms with Gasteiger partial charge in [-0.1, -0.05) is 0 Å². The molecule has 1 saturated carbocycles. The highest BCUT2D eigenvalue weighted by Gasteiger charge is 2.22. The number of hydrogen-bond acceptors (Lipinski definition) is 3. The zero-order chi connectivity index (χ0) is 9.26. The van der Waals surface area contributed by atoms with E-state index < -0.39 is 0 Å². The van der Waals surface area contributed by atoms with Crippen LogP contribution in [0.2, 0.25) is 0 Å². The van der Waals surface area contributed by atoms with Crippen LogP contribution in [0.5, 0.6) is 0 Å². The molecule has 1 aliphatic carbocycles. The summed E-state index contributed by atoms with van der Waals surface area (Å²) in [6.45, 7) is 2.52. The molecule has 1 aromatic heterocycles. The molecular weight excluding hydrogens is 168 g/mol. The van der Waals surface area contributed by atoms with Gasteiger partial charge in [0.25, 0.3) is 5.91 Å². The minimum atomic E-state index is -0.184. The summed E-state index contributed by atoms with van der Waals surface area (Å²) in [5.41, 5.74) is 0. The second-order valence-electron chi connectivity index (χ2n) is 3.40. The SMILES string of the molecule is Cc1nc(C(=O)NCC2CC2)n[nH]1. The van der Waals surface area contributed by atoms with Crippen LogP contribution in [0.25, 0.3) is 0 Å². The molecule has 1 fully saturated rings. The van der Waals surface area contributed by atoms with Crippen molar-refractivity contribution in [3.63, 3.8) is 0 Å². The summed E-state index contributed by atoms with van der Waals surface area (Å²) in [4.78, 5) is 15.3. The maximum atomic E-state index is 11.3. The largest absolute Gasteiger partial charge is 0.349 e. The van der Waals surface area contributed by atoms with Gasteiger partial charge in [0, 0.05) is 6.54 Å². The van der Waals surface area contributed by atoms with Gasteiger partial charge in [-0.2, -0.15) is 0 Å². The third kappa shape index (κ3) is 2.05. The molecule has 5 nitrogen and oxygen atoms in total. The number of aromatic amines is 1. The molecule has 13 heavy (non-hydrogen) atoms. The molecule has 0 aromatic carbocycles. The Morgan fingerprint density at radius 2 is 2.46 bits per heavy atom. The molecule has 1 aliphatic rings. The van der Waals surface area contributed by atoms with E-state index in [-0.39, 0.29) is 11.7 Å². The summed E-state index contributed by atoms with van der Waals surface area (Å²) >= 11 is 0. The quantitative estimate of drug-likeness (QED) is 0.700. The molecule has 0 aliphatic heterocycles. The highest BCUT2D eigenvalue weighted by atomic mass is 16.2. The minimum Gasteiger partial charge on any atom is -0.349 e. The smallest absolute Gasteiger partial charge is 0.290 e. The Balaban J connectivity index is 1.88. The van der Waals surface area contributed by atoms with Gasteiger partial charge in [-0.15, -0.1) is 5.10 Å². The van der Waals surface area contributed by atoms with Crippen LogP contribution < -0.4 is 5.32 Å². The van der Waals surface area contributed by atoms with E-state index in [1.54, 1.807) is 6.92 Å². The molecule has 0 atom stereocenters. The predicted octanol–water partition coefficient (Wildman–Crippen LogP) is 0.253. The summed E-state index contributed by atoms with van der Waals surface area (Å²) in [7, 11) is 0. The Bertz CT molecular complexity index is 316. The number of aromatic nitrogens is 3. The maximum absolute atomic E-state index is 11.3. The molecule has 1 aromatic rings. The van der Waals surface area contributed by atoms with Crippen molar-refractivity contribution < 1.29 is 4.79 Å². The van der Waals surface area contributed by atoms with Gasteiger partial charge in [0.1, 0.15) is 5.82 Å².